The molecule has 0 saturated carbocycles. The first-order valence-corrected chi connectivity index (χ1v) is 7.85. The van der Waals surface area contributed by atoms with Crippen LogP contribution in [0.3, 0.4) is 0 Å². The molecule has 2 aromatic rings. The van der Waals surface area contributed by atoms with Gasteiger partial charge >= 0.3 is 0 Å². The van der Waals surface area contributed by atoms with Crippen LogP contribution in [0.5, 0.6) is 0 Å². The van der Waals surface area contributed by atoms with Crippen molar-refractivity contribution in [2.45, 2.75) is 18.9 Å². The summed E-state index contributed by atoms with van der Waals surface area (Å²) in [5.74, 6) is -1.66. The average molecular weight is 335 g/mol. The second-order valence-electron chi connectivity index (χ2n) is 5.83. The molecule has 0 radical (unpaired) electrons. The van der Waals surface area contributed by atoms with Gasteiger partial charge in [0.15, 0.2) is 0 Å². The Morgan fingerprint density at radius 3 is 2.79 bits per heavy atom. The molecular weight excluding hydrogens is 316 g/mol. The van der Waals surface area contributed by atoms with Gasteiger partial charge in [0.2, 0.25) is 0 Å². The highest BCUT2D eigenvalue weighted by Crippen LogP contribution is 2.31. The van der Waals surface area contributed by atoms with Crippen LogP contribution in [0.15, 0.2) is 30.5 Å². The van der Waals surface area contributed by atoms with Crippen molar-refractivity contribution in [3.63, 3.8) is 0 Å². The standard InChI is InChI=1S/C17H19F2N3O2/c1-24-10-9-22-8-6-15(20-22)17(23)21-7-5-12(11-21)16-13(18)3-2-4-14(16)19/h2-4,6,8,12H,5,7,9-11H2,1H3/t12-/m0/s1. The SMILES string of the molecule is COCCn1ccc(C(=O)N2CC[C@H](c3c(F)cccc3F)C2)n1. The molecule has 1 fully saturated rings. The van der Waals surface area contributed by atoms with E-state index in [-0.39, 0.29) is 17.4 Å². The Labute approximate surface area is 138 Å². The van der Waals surface area contributed by atoms with E-state index < -0.39 is 11.6 Å². The molecule has 1 amide bonds. The fraction of sp³-hybridized carbons (Fsp3) is 0.412. The molecule has 128 valence electrons. The number of rotatable bonds is 5. The van der Waals surface area contributed by atoms with Crippen molar-refractivity contribution in [1.29, 1.82) is 0 Å². The van der Waals surface area contributed by atoms with Gasteiger partial charge < -0.3 is 9.64 Å². The summed E-state index contributed by atoms with van der Waals surface area (Å²) in [7, 11) is 1.60. The van der Waals surface area contributed by atoms with Crippen molar-refractivity contribution in [3.05, 3.63) is 53.4 Å². The third-order valence-electron chi connectivity index (χ3n) is 4.27. The zero-order valence-corrected chi connectivity index (χ0v) is 13.4. The van der Waals surface area contributed by atoms with Gasteiger partial charge in [0.05, 0.1) is 13.2 Å². The Morgan fingerprint density at radius 1 is 1.33 bits per heavy atom. The van der Waals surface area contributed by atoms with Crippen LogP contribution in [0.2, 0.25) is 0 Å². The van der Waals surface area contributed by atoms with Crippen LogP contribution >= 0.6 is 0 Å². The number of ether oxygens (including phenoxy) is 1. The van der Waals surface area contributed by atoms with Gasteiger partial charge in [-0.05, 0) is 24.6 Å². The Kier molecular flexibility index (Phi) is 4.89. The molecule has 0 spiro atoms. The highest BCUT2D eigenvalue weighted by molar-refractivity contribution is 5.92. The molecule has 0 bridgehead atoms. The first kappa shape index (κ1) is 16.6. The predicted molar refractivity (Wildman–Crippen MR) is 83.7 cm³/mol. The van der Waals surface area contributed by atoms with E-state index in [1.165, 1.54) is 18.2 Å². The third-order valence-corrected chi connectivity index (χ3v) is 4.27. The number of benzene rings is 1. The maximum atomic E-state index is 13.9. The maximum Gasteiger partial charge on any atom is 0.274 e. The van der Waals surface area contributed by atoms with Gasteiger partial charge in [-0.2, -0.15) is 5.10 Å². The lowest BCUT2D eigenvalue weighted by molar-refractivity contribution is 0.0783. The van der Waals surface area contributed by atoms with Gasteiger partial charge in [-0.15, -0.1) is 0 Å². The highest BCUT2D eigenvalue weighted by Gasteiger charge is 2.32. The zero-order valence-electron chi connectivity index (χ0n) is 13.4. The Balaban J connectivity index is 1.69. The molecule has 0 aliphatic carbocycles. The van der Waals surface area contributed by atoms with Gasteiger partial charge in [0.1, 0.15) is 17.3 Å². The van der Waals surface area contributed by atoms with Gasteiger partial charge in [0, 0.05) is 37.9 Å². The molecule has 2 heterocycles. The van der Waals surface area contributed by atoms with Crippen LogP contribution < -0.4 is 0 Å². The molecule has 5 nitrogen and oxygen atoms in total. The van der Waals surface area contributed by atoms with Crippen molar-refractivity contribution < 1.29 is 18.3 Å². The molecule has 0 unspecified atom stereocenters. The molecule has 24 heavy (non-hydrogen) atoms. The lowest BCUT2D eigenvalue weighted by Crippen LogP contribution is -2.29. The minimum Gasteiger partial charge on any atom is -0.383 e. The fourth-order valence-electron chi connectivity index (χ4n) is 3.03. The van der Waals surface area contributed by atoms with Crippen molar-refractivity contribution in [2.75, 3.05) is 26.8 Å². The number of carbonyl (C=O) groups excluding carboxylic acids is 1. The van der Waals surface area contributed by atoms with Crippen LogP contribution in [-0.2, 0) is 11.3 Å². The van der Waals surface area contributed by atoms with E-state index >= 15 is 0 Å². The smallest absolute Gasteiger partial charge is 0.274 e. The first-order chi connectivity index (χ1) is 11.6. The fourth-order valence-corrected chi connectivity index (χ4v) is 3.03. The predicted octanol–water partition coefficient (Wildman–Crippen LogP) is 2.44. The molecule has 1 aliphatic rings. The van der Waals surface area contributed by atoms with Gasteiger partial charge in [-0.1, -0.05) is 6.07 Å². The summed E-state index contributed by atoms with van der Waals surface area (Å²) in [5, 5.41) is 4.22. The van der Waals surface area contributed by atoms with E-state index in [1.807, 2.05) is 0 Å². The highest BCUT2D eigenvalue weighted by atomic mass is 19.1. The number of methoxy groups -OCH3 is 1. The molecule has 1 aliphatic heterocycles. The second kappa shape index (κ2) is 7.09. The van der Waals surface area contributed by atoms with Crippen LogP contribution in [0, 0.1) is 11.6 Å². The van der Waals surface area contributed by atoms with Crippen LogP contribution in [0.4, 0.5) is 8.78 Å². The molecule has 1 aromatic heterocycles. The van der Waals surface area contributed by atoms with Gasteiger partial charge in [0.25, 0.3) is 5.91 Å². The number of carbonyl (C=O) groups is 1. The van der Waals surface area contributed by atoms with Crippen molar-refractivity contribution in [3.8, 4) is 0 Å². The maximum absolute atomic E-state index is 13.9. The van der Waals surface area contributed by atoms with E-state index in [9.17, 15) is 13.6 Å². The van der Waals surface area contributed by atoms with E-state index in [0.717, 1.165) is 0 Å². The number of hydrogen-bond donors (Lipinski definition) is 0. The summed E-state index contributed by atoms with van der Waals surface area (Å²) in [6.07, 6.45) is 2.25. The Hall–Kier alpha value is -2.28. The summed E-state index contributed by atoms with van der Waals surface area (Å²) < 4.78 is 34.4. The summed E-state index contributed by atoms with van der Waals surface area (Å²) in [6.45, 7) is 1.82. The number of hydrogen-bond acceptors (Lipinski definition) is 3. The number of aromatic nitrogens is 2. The van der Waals surface area contributed by atoms with Crippen LogP contribution in [0.25, 0.3) is 0 Å². The Bertz CT molecular complexity index is 712. The van der Waals surface area contributed by atoms with E-state index in [4.69, 9.17) is 4.74 Å². The average Bonchev–Trinajstić information content (AvgIpc) is 3.22. The topological polar surface area (TPSA) is 47.4 Å². The molecule has 1 saturated heterocycles. The van der Waals surface area contributed by atoms with E-state index in [0.29, 0.717) is 38.4 Å². The number of amides is 1. The van der Waals surface area contributed by atoms with E-state index in [2.05, 4.69) is 5.10 Å². The summed E-state index contributed by atoms with van der Waals surface area (Å²) in [6, 6.07) is 5.49. The summed E-state index contributed by atoms with van der Waals surface area (Å²) in [4.78, 5) is 14.1. The molecule has 1 atom stereocenters. The number of nitrogens with zero attached hydrogens (tertiary/aromatic N) is 3. The summed E-state index contributed by atoms with van der Waals surface area (Å²) in [5.41, 5.74) is 0.402. The minimum absolute atomic E-state index is 0.0680. The normalized spacial score (nSPS) is 17.5. The second-order valence-corrected chi connectivity index (χ2v) is 5.83. The van der Waals surface area contributed by atoms with Gasteiger partial charge in [-0.3, -0.25) is 9.48 Å². The van der Waals surface area contributed by atoms with Crippen molar-refractivity contribution in [1.82, 2.24) is 14.7 Å². The Morgan fingerprint density at radius 2 is 2.08 bits per heavy atom. The van der Waals surface area contributed by atoms with Crippen LogP contribution in [0.1, 0.15) is 28.4 Å². The minimum atomic E-state index is -0.557. The molecular formula is C17H19F2N3O2. The molecule has 3 rings (SSSR count). The molecule has 1 aromatic carbocycles. The van der Waals surface area contributed by atoms with Gasteiger partial charge in [-0.25, -0.2) is 8.78 Å². The van der Waals surface area contributed by atoms with Crippen molar-refractivity contribution in [2.24, 2.45) is 0 Å². The number of halogens is 2. The van der Waals surface area contributed by atoms with Crippen LogP contribution in [-0.4, -0.2) is 47.4 Å². The zero-order chi connectivity index (χ0) is 17.1. The lowest BCUT2D eigenvalue weighted by Gasteiger charge is -2.16. The molecule has 7 heteroatoms. The quantitative estimate of drug-likeness (QED) is 0.843. The largest absolute Gasteiger partial charge is 0.383 e. The lowest BCUT2D eigenvalue weighted by atomic mass is 9.97. The molecule has 0 N–H and O–H groups in total. The first-order valence-electron chi connectivity index (χ1n) is 7.85. The third kappa shape index (κ3) is 3.31. The van der Waals surface area contributed by atoms with Crippen molar-refractivity contribution >= 4 is 5.91 Å². The summed E-state index contributed by atoms with van der Waals surface area (Å²) >= 11 is 0. The monoisotopic (exact) mass is 335 g/mol. The number of likely N-dealkylation sites (tertiary alicyclic amines) is 1. The van der Waals surface area contributed by atoms with E-state index in [1.54, 1.807) is 29.0 Å².